The molecule has 0 aliphatic heterocycles. The van der Waals surface area contributed by atoms with Crippen LogP contribution in [-0.4, -0.2) is 76.4 Å². The minimum Gasteiger partial charge on any atom is -0.507 e. The highest BCUT2D eigenvalue weighted by Gasteiger charge is 2.69. The number of carbonyl (C=O) groups excluding carboxylic acids is 5. The van der Waals surface area contributed by atoms with E-state index in [1.807, 2.05) is 0 Å². The standard InChI is InChI=1S/C31H37N3O8/c1-30(2,3)13-33-11-16-9-17(14-6-7-42-12-14)18-8-15-10-19-23(34(4)5)26(37)22(29(32)40)28(39)31(19,41)27(38)20(15)25(36)21(18)24(16)35/h6-7,9,12,15,19-20,22-23,33,35,41H,8,10-11,13H2,1-5H3,(H2,32,40)/t15-,19-,20?,22?,23?,31-/m1/s1. The number of amides is 1. The lowest BCUT2D eigenvalue weighted by Gasteiger charge is -2.52. The minimum absolute atomic E-state index is 0.00955. The summed E-state index contributed by atoms with van der Waals surface area (Å²) in [5, 5.41) is 26.5. The Morgan fingerprint density at radius 2 is 1.88 bits per heavy atom. The van der Waals surface area contributed by atoms with E-state index in [2.05, 4.69) is 26.1 Å². The van der Waals surface area contributed by atoms with Crippen molar-refractivity contribution < 1.29 is 38.6 Å². The Bertz CT molecular complexity index is 1490. The van der Waals surface area contributed by atoms with Crippen molar-refractivity contribution in [1.29, 1.82) is 0 Å². The van der Waals surface area contributed by atoms with Gasteiger partial charge in [0.1, 0.15) is 5.75 Å². The first-order valence-corrected chi connectivity index (χ1v) is 14.0. The molecular weight excluding hydrogens is 542 g/mol. The molecule has 2 saturated carbocycles. The van der Waals surface area contributed by atoms with Crippen LogP contribution in [0.15, 0.2) is 29.1 Å². The highest BCUT2D eigenvalue weighted by Crippen LogP contribution is 2.52. The third kappa shape index (κ3) is 4.50. The van der Waals surface area contributed by atoms with E-state index in [1.165, 1.54) is 17.4 Å². The van der Waals surface area contributed by atoms with Crippen LogP contribution >= 0.6 is 0 Å². The molecule has 1 amide bonds. The number of ketones is 4. The fourth-order valence-corrected chi connectivity index (χ4v) is 7.11. The lowest BCUT2D eigenvalue weighted by atomic mass is 9.52. The van der Waals surface area contributed by atoms with Gasteiger partial charge in [0.2, 0.25) is 5.91 Å². The monoisotopic (exact) mass is 579 g/mol. The summed E-state index contributed by atoms with van der Waals surface area (Å²) >= 11 is 0. The summed E-state index contributed by atoms with van der Waals surface area (Å²) in [5.74, 6) is -10.7. The van der Waals surface area contributed by atoms with Gasteiger partial charge in [-0.2, -0.15) is 0 Å². The maximum Gasteiger partial charge on any atom is 0.235 e. The van der Waals surface area contributed by atoms with Crippen molar-refractivity contribution in [1.82, 2.24) is 10.2 Å². The average molecular weight is 580 g/mol. The molecule has 2 aromatic rings. The Labute approximate surface area is 243 Å². The van der Waals surface area contributed by atoms with Gasteiger partial charge in [0.25, 0.3) is 0 Å². The SMILES string of the molecule is CN(C)C1C(=O)C(C(N)=O)C(=O)[C@]2(O)C(=O)C3C(=O)c4c(O)c(CNCC(C)(C)C)cc(-c5ccoc5)c4C[C@@H]3C[C@H]12. The van der Waals surface area contributed by atoms with Gasteiger partial charge in [-0.15, -0.1) is 0 Å². The van der Waals surface area contributed by atoms with Gasteiger partial charge in [0.15, 0.2) is 34.7 Å². The molecule has 1 aromatic heterocycles. The number of Topliss-reactive ketones (excluding diaryl/α,β-unsaturated/α-hetero) is 4. The lowest BCUT2D eigenvalue weighted by molar-refractivity contribution is -0.181. The van der Waals surface area contributed by atoms with Crippen molar-refractivity contribution in [2.45, 2.75) is 51.8 Å². The van der Waals surface area contributed by atoms with Gasteiger partial charge in [-0.25, -0.2) is 0 Å². The molecule has 0 saturated heterocycles. The average Bonchev–Trinajstić information content (AvgIpc) is 3.41. The minimum atomic E-state index is -2.76. The number of primary amides is 1. The topological polar surface area (TPSA) is 180 Å². The third-order valence-electron chi connectivity index (χ3n) is 8.94. The summed E-state index contributed by atoms with van der Waals surface area (Å²) in [6.45, 7) is 7.05. The molecule has 224 valence electrons. The van der Waals surface area contributed by atoms with Gasteiger partial charge in [-0.05, 0) is 61.5 Å². The molecule has 1 heterocycles. The second-order valence-corrected chi connectivity index (χ2v) is 13.3. The van der Waals surface area contributed by atoms with E-state index in [4.69, 9.17) is 10.2 Å². The molecule has 2 fully saturated rings. The van der Waals surface area contributed by atoms with Gasteiger partial charge in [0, 0.05) is 30.1 Å². The number of fused-ring (bicyclic) bond motifs is 3. The van der Waals surface area contributed by atoms with Crippen molar-refractivity contribution in [3.8, 4) is 16.9 Å². The maximum atomic E-state index is 14.2. The number of nitrogens with zero attached hydrogens (tertiary/aromatic N) is 1. The summed E-state index contributed by atoms with van der Waals surface area (Å²) in [7, 11) is 3.11. The van der Waals surface area contributed by atoms with E-state index in [0.717, 1.165) is 0 Å². The van der Waals surface area contributed by atoms with Gasteiger partial charge in [-0.3, -0.25) is 28.9 Å². The van der Waals surface area contributed by atoms with Gasteiger partial charge < -0.3 is 25.7 Å². The number of aromatic hydroxyl groups is 1. The van der Waals surface area contributed by atoms with Crippen LogP contribution in [0, 0.1) is 29.1 Å². The molecule has 0 bridgehead atoms. The van der Waals surface area contributed by atoms with Crippen LogP contribution in [0.1, 0.15) is 48.7 Å². The number of nitrogens with one attached hydrogen (secondary N) is 1. The first-order chi connectivity index (χ1) is 19.6. The van der Waals surface area contributed by atoms with Crippen LogP contribution < -0.4 is 11.1 Å². The molecule has 42 heavy (non-hydrogen) atoms. The second-order valence-electron chi connectivity index (χ2n) is 13.3. The number of phenols is 1. The number of rotatable bonds is 6. The Kier molecular flexibility index (Phi) is 7.28. The number of hydrogen-bond acceptors (Lipinski definition) is 10. The van der Waals surface area contributed by atoms with E-state index in [-0.39, 0.29) is 36.1 Å². The number of hydrogen-bond donors (Lipinski definition) is 4. The smallest absolute Gasteiger partial charge is 0.235 e. The third-order valence-corrected chi connectivity index (χ3v) is 8.94. The Morgan fingerprint density at radius 3 is 2.45 bits per heavy atom. The first-order valence-electron chi connectivity index (χ1n) is 14.0. The Balaban J connectivity index is 1.63. The van der Waals surface area contributed by atoms with Crippen molar-refractivity contribution >= 4 is 29.0 Å². The number of likely N-dealkylation sites (N-methyl/N-ethyl adjacent to an activating group) is 1. The van der Waals surface area contributed by atoms with Crippen molar-refractivity contribution in [3.05, 3.63) is 41.3 Å². The number of aliphatic hydroxyl groups is 1. The van der Waals surface area contributed by atoms with Crippen LogP contribution in [-0.2, 0) is 32.1 Å². The molecule has 3 aliphatic rings. The van der Waals surface area contributed by atoms with E-state index in [0.29, 0.717) is 28.8 Å². The van der Waals surface area contributed by atoms with Gasteiger partial charge in [0.05, 0.1) is 30.0 Å². The normalized spacial score (nSPS) is 29.4. The maximum absolute atomic E-state index is 14.2. The number of carbonyl (C=O) groups is 5. The summed E-state index contributed by atoms with van der Waals surface area (Å²) < 4.78 is 5.32. The van der Waals surface area contributed by atoms with Crippen LogP contribution in [0.4, 0.5) is 0 Å². The van der Waals surface area contributed by atoms with Crippen molar-refractivity contribution in [2.75, 3.05) is 20.6 Å². The quantitative estimate of drug-likeness (QED) is 0.364. The van der Waals surface area contributed by atoms with E-state index in [1.54, 1.807) is 26.2 Å². The summed E-state index contributed by atoms with van der Waals surface area (Å²) in [6.07, 6.45) is 3.20. The van der Waals surface area contributed by atoms with E-state index >= 15 is 0 Å². The van der Waals surface area contributed by atoms with Crippen molar-refractivity contribution in [3.63, 3.8) is 0 Å². The van der Waals surface area contributed by atoms with Crippen LogP contribution in [0.5, 0.6) is 5.75 Å². The molecule has 11 nitrogen and oxygen atoms in total. The van der Waals surface area contributed by atoms with Gasteiger partial charge in [-0.1, -0.05) is 20.8 Å². The van der Waals surface area contributed by atoms with Crippen LogP contribution in [0.3, 0.4) is 0 Å². The zero-order valence-corrected chi connectivity index (χ0v) is 24.4. The molecule has 0 spiro atoms. The number of benzene rings is 1. The molecule has 3 aliphatic carbocycles. The fraction of sp³-hybridized carbons (Fsp3) is 0.516. The molecule has 5 N–H and O–H groups in total. The van der Waals surface area contributed by atoms with Gasteiger partial charge >= 0.3 is 0 Å². The summed E-state index contributed by atoms with van der Waals surface area (Å²) in [5.41, 5.74) is 4.89. The predicted octanol–water partition coefficient (Wildman–Crippen LogP) is 1.26. The number of phenolic OH excluding ortho intramolecular Hbond substituents is 1. The number of furan rings is 1. The zero-order valence-electron chi connectivity index (χ0n) is 24.4. The lowest BCUT2D eigenvalue weighted by Crippen LogP contribution is -2.74. The van der Waals surface area contributed by atoms with Crippen LogP contribution in [0.2, 0.25) is 0 Å². The van der Waals surface area contributed by atoms with Crippen molar-refractivity contribution in [2.24, 2.45) is 34.8 Å². The molecule has 3 unspecified atom stereocenters. The second kappa shape index (κ2) is 10.3. The first kappa shape index (κ1) is 29.8. The van der Waals surface area contributed by atoms with E-state index < -0.39 is 64.4 Å². The molecule has 5 rings (SSSR count). The largest absolute Gasteiger partial charge is 0.507 e. The molecule has 1 aromatic carbocycles. The number of nitrogens with two attached hydrogens (primary N) is 1. The highest BCUT2D eigenvalue weighted by atomic mass is 16.3. The molecule has 6 atom stereocenters. The van der Waals surface area contributed by atoms with E-state index in [9.17, 15) is 34.2 Å². The molecule has 0 radical (unpaired) electrons. The predicted molar refractivity (Wildman–Crippen MR) is 150 cm³/mol. The fourth-order valence-electron chi connectivity index (χ4n) is 7.11. The summed E-state index contributed by atoms with van der Waals surface area (Å²) in [6, 6.07) is 2.40. The molecular formula is C31H37N3O8. The summed E-state index contributed by atoms with van der Waals surface area (Å²) in [4.78, 5) is 68.7. The Morgan fingerprint density at radius 1 is 1.19 bits per heavy atom. The Hall–Kier alpha value is -3.67. The van der Waals surface area contributed by atoms with Crippen LogP contribution in [0.25, 0.3) is 11.1 Å². The molecule has 11 heteroatoms. The highest BCUT2D eigenvalue weighted by molar-refractivity contribution is 6.32. The zero-order chi connectivity index (χ0) is 30.9.